The number of carbonyl (C=O) groups excluding carboxylic acids is 1. The van der Waals surface area contributed by atoms with Crippen molar-refractivity contribution in [3.63, 3.8) is 0 Å². The zero-order valence-electron chi connectivity index (χ0n) is 3.99. The van der Waals surface area contributed by atoms with Crippen LogP contribution in [0.5, 0.6) is 0 Å². The smallest absolute Gasteiger partial charge is 0.406 e. The average Bonchev–Trinajstić information content (AvgIpc) is 1.66. The van der Waals surface area contributed by atoms with E-state index in [9.17, 15) is 9.36 Å². The maximum Gasteiger partial charge on any atom is 0.406 e. The van der Waals surface area contributed by atoms with E-state index in [4.69, 9.17) is 0 Å². The minimum absolute atomic E-state index is 0.325. The Morgan fingerprint density at radius 1 is 1.75 bits per heavy atom. The van der Waals surface area contributed by atoms with Crippen LogP contribution in [0.15, 0.2) is 0 Å². The summed E-state index contributed by atoms with van der Waals surface area (Å²) in [5.74, 6) is 0. The highest BCUT2D eigenvalue weighted by atomic mass is 31.1. The molecule has 1 atom stereocenters. The first-order valence-corrected chi connectivity index (χ1v) is 2.69. The standard InChI is InChI=1S/C2H6NO4P/c3-2(4)6-1-7-8-5/h1,8H2,(H2,3,4). The number of carbonyl (C=O) groups is 1. The third-order valence-corrected chi connectivity index (χ3v) is 0.609. The van der Waals surface area contributed by atoms with E-state index in [0.29, 0.717) is 0 Å². The van der Waals surface area contributed by atoms with E-state index in [-0.39, 0.29) is 6.79 Å². The Bertz CT molecular complexity index is 94.0. The Balaban J connectivity index is 2.93. The molecule has 0 aliphatic carbocycles. The van der Waals surface area contributed by atoms with Crippen LogP contribution in [-0.4, -0.2) is 12.9 Å². The highest BCUT2D eigenvalue weighted by Gasteiger charge is 1.88. The van der Waals surface area contributed by atoms with Crippen LogP contribution in [0.2, 0.25) is 0 Å². The minimum Gasteiger partial charge on any atom is -0.422 e. The molecule has 0 bridgehead atoms. The molecule has 8 heavy (non-hydrogen) atoms. The molecular weight excluding hydrogens is 133 g/mol. The molecule has 0 saturated carbocycles. The SMILES string of the molecule is NC(=O)OCO[PH2]=O. The first kappa shape index (κ1) is 7.46. The van der Waals surface area contributed by atoms with Gasteiger partial charge in [0.2, 0.25) is 0 Å². The van der Waals surface area contributed by atoms with Gasteiger partial charge in [-0.15, -0.1) is 0 Å². The molecule has 0 spiro atoms. The Morgan fingerprint density at radius 2 is 2.38 bits per heavy atom. The number of rotatable bonds is 3. The molecule has 0 aromatic heterocycles. The topological polar surface area (TPSA) is 78.6 Å². The van der Waals surface area contributed by atoms with Crippen LogP contribution in [0.1, 0.15) is 0 Å². The second-order valence-electron chi connectivity index (χ2n) is 0.844. The van der Waals surface area contributed by atoms with Crippen LogP contribution in [0.25, 0.3) is 0 Å². The van der Waals surface area contributed by atoms with Crippen LogP contribution in [0.4, 0.5) is 4.79 Å². The minimum atomic E-state index is -1.32. The lowest BCUT2D eigenvalue weighted by molar-refractivity contribution is 0.0741. The molecule has 0 rings (SSSR count). The van der Waals surface area contributed by atoms with Crippen molar-refractivity contribution < 1.29 is 18.6 Å². The van der Waals surface area contributed by atoms with E-state index in [1.807, 2.05) is 0 Å². The van der Waals surface area contributed by atoms with E-state index in [1.54, 1.807) is 0 Å². The summed E-state index contributed by atoms with van der Waals surface area (Å²) in [6.45, 7) is -0.325. The van der Waals surface area contributed by atoms with Gasteiger partial charge in [0.1, 0.15) is 0 Å². The molecule has 2 N–H and O–H groups in total. The number of nitrogens with two attached hydrogens (primary N) is 1. The summed E-state index contributed by atoms with van der Waals surface area (Å²) in [6.07, 6.45) is -0.933. The molecule has 48 valence electrons. The number of amides is 1. The predicted molar refractivity (Wildman–Crippen MR) is 27.0 cm³/mol. The third-order valence-electron chi connectivity index (χ3n) is 0.337. The van der Waals surface area contributed by atoms with Gasteiger partial charge < -0.3 is 10.5 Å². The highest BCUT2D eigenvalue weighted by Crippen LogP contribution is 1.92. The van der Waals surface area contributed by atoms with Gasteiger partial charge in [-0.3, -0.25) is 9.09 Å². The number of hydrogen-bond acceptors (Lipinski definition) is 4. The van der Waals surface area contributed by atoms with Gasteiger partial charge in [0.25, 0.3) is 0 Å². The van der Waals surface area contributed by atoms with Crippen molar-refractivity contribution >= 4 is 14.8 Å². The first-order chi connectivity index (χ1) is 3.77. The van der Waals surface area contributed by atoms with Crippen LogP contribution in [0.3, 0.4) is 0 Å². The molecule has 0 aliphatic rings. The summed E-state index contributed by atoms with van der Waals surface area (Å²) in [5.41, 5.74) is 4.50. The third kappa shape index (κ3) is 5.46. The summed E-state index contributed by atoms with van der Waals surface area (Å²) in [7, 11) is -1.32. The van der Waals surface area contributed by atoms with Gasteiger partial charge in [-0.05, 0) is 0 Å². The average molecular weight is 139 g/mol. The van der Waals surface area contributed by atoms with Gasteiger partial charge in [-0.2, -0.15) is 0 Å². The predicted octanol–water partition coefficient (Wildman–Crippen LogP) is -0.273. The van der Waals surface area contributed by atoms with Crippen molar-refractivity contribution in [1.29, 1.82) is 0 Å². The number of primary amides is 1. The Hall–Kier alpha value is -0.540. The van der Waals surface area contributed by atoms with E-state index < -0.39 is 14.8 Å². The van der Waals surface area contributed by atoms with Crippen LogP contribution in [-0.2, 0) is 13.8 Å². The molecule has 0 saturated heterocycles. The quantitative estimate of drug-likeness (QED) is 0.331. The van der Waals surface area contributed by atoms with Gasteiger partial charge in [-0.1, -0.05) is 0 Å². The van der Waals surface area contributed by atoms with Gasteiger partial charge in [0, 0.05) is 0 Å². The molecule has 0 fully saturated rings. The maximum atomic E-state index is 9.70. The summed E-state index contributed by atoms with van der Waals surface area (Å²) < 4.78 is 17.7. The van der Waals surface area contributed by atoms with E-state index >= 15 is 0 Å². The zero-order valence-corrected chi connectivity index (χ0v) is 5.15. The van der Waals surface area contributed by atoms with Crippen molar-refractivity contribution in [2.24, 2.45) is 5.73 Å². The lowest BCUT2D eigenvalue weighted by Gasteiger charge is -1.94. The van der Waals surface area contributed by atoms with Crippen LogP contribution < -0.4 is 5.73 Å². The molecule has 0 aromatic rings. The lowest BCUT2D eigenvalue weighted by Crippen LogP contribution is -2.13. The second-order valence-corrected chi connectivity index (χ2v) is 1.37. The summed E-state index contributed by atoms with van der Waals surface area (Å²) >= 11 is 0. The Kier molecular flexibility index (Phi) is 4.30. The van der Waals surface area contributed by atoms with Crippen molar-refractivity contribution in [2.75, 3.05) is 6.79 Å². The molecule has 1 unspecified atom stereocenters. The van der Waals surface area contributed by atoms with Crippen LogP contribution >= 0.6 is 8.69 Å². The molecule has 1 amide bonds. The van der Waals surface area contributed by atoms with Gasteiger partial charge >= 0.3 is 6.09 Å². The highest BCUT2D eigenvalue weighted by molar-refractivity contribution is 7.17. The fourth-order valence-corrected chi connectivity index (χ4v) is 0.243. The fraction of sp³-hybridized carbons (Fsp3) is 0.500. The molecule has 0 aromatic carbocycles. The van der Waals surface area contributed by atoms with Crippen molar-refractivity contribution in [3.05, 3.63) is 0 Å². The fourth-order valence-electron chi connectivity index (χ4n) is 0.120. The van der Waals surface area contributed by atoms with E-state index in [2.05, 4.69) is 15.0 Å². The molecule has 0 aliphatic heterocycles. The van der Waals surface area contributed by atoms with Gasteiger partial charge in [0.15, 0.2) is 15.5 Å². The number of hydrogen-bond donors (Lipinski definition) is 1. The monoisotopic (exact) mass is 139 g/mol. The van der Waals surface area contributed by atoms with Crippen molar-refractivity contribution in [2.45, 2.75) is 0 Å². The largest absolute Gasteiger partial charge is 0.422 e. The van der Waals surface area contributed by atoms with E-state index in [0.717, 1.165) is 0 Å². The van der Waals surface area contributed by atoms with Gasteiger partial charge in [0.05, 0.1) is 0 Å². The summed E-state index contributed by atoms with van der Waals surface area (Å²) in [4.78, 5) is 9.70. The Morgan fingerprint density at radius 3 is 2.75 bits per heavy atom. The first-order valence-electron chi connectivity index (χ1n) is 1.75. The Labute approximate surface area is 47.0 Å². The molecule has 6 heteroatoms. The molecule has 5 nitrogen and oxygen atoms in total. The maximum absolute atomic E-state index is 9.70. The summed E-state index contributed by atoms with van der Waals surface area (Å²) in [5, 5.41) is 0. The van der Waals surface area contributed by atoms with Crippen molar-refractivity contribution in [1.82, 2.24) is 0 Å². The zero-order chi connectivity index (χ0) is 6.41. The molecule has 0 heterocycles. The number of ether oxygens (including phenoxy) is 1. The molecular formula is C2H6NO4P. The summed E-state index contributed by atoms with van der Waals surface area (Å²) in [6, 6.07) is 0. The van der Waals surface area contributed by atoms with Crippen LogP contribution in [0, 0.1) is 0 Å². The second kappa shape index (κ2) is 4.61. The lowest BCUT2D eigenvalue weighted by atomic mass is 11.2. The normalized spacial score (nSPS) is 10.0. The van der Waals surface area contributed by atoms with Crippen molar-refractivity contribution in [3.8, 4) is 0 Å². The van der Waals surface area contributed by atoms with Gasteiger partial charge in [-0.25, -0.2) is 4.79 Å². The van der Waals surface area contributed by atoms with E-state index in [1.165, 1.54) is 0 Å². The molecule has 0 radical (unpaired) electrons.